The van der Waals surface area contributed by atoms with Gasteiger partial charge in [0.15, 0.2) is 0 Å². The van der Waals surface area contributed by atoms with Crippen molar-refractivity contribution in [2.75, 3.05) is 10.2 Å². The third-order valence-corrected chi connectivity index (χ3v) is 5.60. The minimum atomic E-state index is -1.02. The van der Waals surface area contributed by atoms with Crippen molar-refractivity contribution in [3.8, 4) is 0 Å². The molecule has 0 radical (unpaired) electrons. The summed E-state index contributed by atoms with van der Waals surface area (Å²) in [6, 6.07) is 11.1. The van der Waals surface area contributed by atoms with Crippen LogP contribution in [-0.4, -0.2) is 32.7 Å². The summed E-state index contributed by atoms with van der Waals surface area (Å²) >= 11 is 12.1. The first kappa shape index (κ1) is 24.7. The zero-order valence-corrected chi connectivity index (χ0v) is 19.8. The smallest absolute Gasteiger partial charge is 0.327 e. The van der Waals surface area contributed by atoms with Gasteiger partial charge in [-0.3, -0.25) is 0 Å². The second kappa shape index (κ2) is 10.3. The Hall–Kier alpha value is -2.94. The molecular formula is C23H24Cl2FN5O2. The Kier molecular flexibility index (Phi) is 7.73. The molecule has 0 aliphatic rings. The van der Waals surface area contributed by atoms with Gasteiger partial charge in [-0.25, -0.2) is 19.1 Å². The van der Waals surface area contributed by atoms with E-state index in [1.165, 1.54) is 35.4 Å². The summed E-state index contributed by atoms with van der Waals surface area (Å²) in [4.78, 5) is 23.1. The molecule has 1 atom stereocenters. The Morgan fingerprint density at radius 1 is 1.18 bits per heavy atom. The number of nitrogens with one attached hydrogen (secondary N) is 2. The highest BCUT2D eigenvalue weighted by molar-refractivity contribution is 6.35. The summed E-state index contributed by atoms with van der Waals surface area (Å²) in [5.41, 5.74) is 0.0550. The second-order valence-electron chi connectivity index (χ2n) is 7.96. The van der Waals surface area contributed by atoms with Crippen LogP contribution >= 0.6 is 23.2 Å². The Balaban J connectivity index is 1.89. The van der Waals surface area contributed by atoms with E-state index in [9.17, 15) is 14.3 Å². The number of aliphatic hydroxyl groups is 1. The summed E-state index contributed by atoms with van der Waals surface area (Å²) in [7, 11) is 0. The van der Waals surface area contributed by atoms with Crippen LogP contribution < -0.4 is 15.5 Å². The predicted molar refractivity (Wildman–Crippen MR) is 129 cm³/mol. The maximum Gasteiger partial charge on any atom is 0.327 e. The number of benzene rings is 2. The summed E-state index contributed by atoms with van der Waals surface area (Å²) in [5.74, 6) is 0.0423. The molecule has 1 heterocycles. The SMILES string of the molecule is CC(Nc1nccc(N(C(=O)NCc2ccc(Cl)cc2Cl)c2ccc(F)cc2)n1)C(C)(C)O. The zero-order valence-electron chi connectivity index (χ0n) is 18.3. The maximum absolute atomic E-state index is 13.5. The van der Waals surface area contributed by atoms with Gasteiger partial charge >= 0.3 is 6.03 Å². The van der Waals surface area contributed by atoms with E-state index in [-0.39, 0.29) is 24.4 Å². The van der Waals surface area contributed by atoms with E-state index in [1.54, 1.807) is 45.0 Å². The number of carbonyl (C=O) groups excluding carboxylic acids is 1. The van der Waals surface area contributed by atoms with Crippen LogP contribution in [0.3, 0.4) is 0 Å². The van der Waals surface area contributed by atoms with Crippen LogP contribution in [0.5, 0.6) is 0 Å². The number of urea groups is 1. The van der Waals surface area contributed by atoms with Crippen LogP contribution in [0.25, 0.3) is 0 Å². The number of anilines is 3. The molecular weight excluding hydrogens is 468 g/mol. The Morgan fingerprint density at radius 2 is 1.88 bits per heavy atom. The van der Waals surface area contributed by atoms with Gasteiger partial charge in [0.1, 0.15) is 11.6 Å². The van der Waals surface area contributed by atoms with Crippen molar-refractivity contribution in [2.45, 2.75) is 39.0 Å². The van der Waals surface area contributed by atoms with Crippen molar-refractivity contribution in [1.29, 1.82) is 0 Å². The van der Waals surface area contributed by atoms with Gasteiger partial charge in [-0.15, -0.1) is 0 Å². The van der Waals surface area contributed by atoms with Gasteiger partial charge < -0.3 is 15.7 Å². The van der Waals surface area contributed by atoms with Crippen LogP contribution in [0.1, 0.15) is 26.3 Å². The van der Waals surface area contributed by atoms with Crippen molar-refractivity contribution in [1.82, 2.24) is 15.3 Å². The Bertz CT molecular complexity index is 1120. The average molecular weight is 492 g/mol. The van der Waals surface area contributed by atoms with Gasteiger partial charge in [0.2, 0.25) is 5.95 Å². The van der Waals surface area contributed by atoms with Crippen LogP contribution in [-0.2, 0) is 6.54 Å². The molecule has 3 aromatic rings. The Labute approximate surface area is 201 Å². The van der Waals surface area contributed by atoms with Gasteiger partial charge in [0, 0.05) is 28.9 Å². The van der Waals surface area contributed by atoms with Gasteiger partial charge in [-0.1, -0.05) is 29.3 Å². The van der Waals surface area contributed by atoms with Crippen LogP contribution in [0.4, 0.5) is 26.6 Å². The lowest BCUT2D eigenvalue weighted by atomic mass is 10.0. The largest absolute Gasteiger partial charge is 0.388 e. The molecule has 1 unspecified atom stereocenters. The molecule has 2 aromatic carbocycles. The lowest BCUT2D eigenvalue weighted by Gasteiger charge is -2.27. The van der Waals surface area contributed by atoms with Gasteiger partial charge in [-0.2, -0.15) is 4.98 Å². The summed E-state index contributed by atoms with van der Waals surface area (Å²) in [6.07, 6.45) is 1.49. The van der Waals surface area contributed by atoms with Crippen molar-refractivity contribution >= 4 is 46.7 Å². The van der Waals surface area contributed by atoms with E-state index in [0.29, 0.717) is 21.3 Å². The van der Waals surface area contributed by atoms with Crippen molar-refractivity contribution in [3.05, 3.63) is 76.2 Å². The molecule has 0 spiro atoms. The standard InChI is InChI=1S/C23H24Cl2FN5O2/c1-14(23(2,3)33)29-21-27-11-10-20(30-21)31(18-8-6-17(26)7-9-18)22(32)28-13-15-4-5-16(24)12-19(15)25/h4-12,14,33H,13H2,1-3H3,(H,28,32)(H,27,29,30). The minimum absolute atomic E-state index is 0.137. The molecule has 174 valence electrons. The van der Waals surface area contributed by atoms with Gasteiger partial charge in [-0.05, 0) is 62.7 Å². The van der Waals surface area contributed by atoms with Crippen molar-refractivity contribution in [3.63, 3.8) is 0 Å². The number of aromatic nitrogens is 2. The van der Waals surface area contributed by atoms with Crippen LogP contribution in [0, 0.1) is 5.82 Å². The van der Waals surface area contributed by atoms with Gasteiger partial charge in [0.25, 0.3) is 0 Å². The Morgan fingerprint density at radius 3 is 2.52 bits per heavy atom. The van der Waals surface area contributed by atoms with E-state index in [0.717, 1.165) is 0 Å². The average Bonchev–Trinajstić information content (AvgIpc) is 2.74. The maximum atomic E-state index is 13.5. The van der Waals surface area contributed by atoms with Gasteiger partial charge in [0.05, 0.1) is 17.3 Å². The fourth-order valence-electron chi connectivity index (χ4n) is 2.77. The normalized spacial score (nSPS) is 12.2. The third kappa shape index (κ3) is 6.54. The number of nitrogens with zero attached hydrogens (tertiary/aromatic N) is 3. The highest BCUT2D eigenvalue weighted by Crippen LogP contribution is 2.26. The molecule has 0 fully saturated rings. The van der Waals surface area contributed by atoms with E-state index >= 15 is 0 Å². The first-order chi connectivity index (χ1) is 15.5. The molecule has 0 saturated carbocycles. The third-order valence-electron chi connectivity index (χ3n) is 5.01. The highest BCUT2D eigenvalue weighted by Gasteiger charge is 2.24. The first-order valence-electron chi connectivity index (χ1n) is 10.1. The molecule has 0 saturated heterocycles. The van der Waals surface area contributed by atoms with Crippen LogP contribution in [0.2, 0.25) is 10.0 Å². The predicted octanol–water partition coefficient (Wildman–Crippen LogP) is 5.54. The molecule has 0 aliphatic heterocycles. The van der Waals surface area contributed by atoms with E-state index < -0.39 is 17.4 Å². The number of amides is 2. The van der Waals surface area contributed by atoms with Crippen molar-refractivity contribution in [2.24, 2.45) is 0 Å². The summed E-state index contributed by atoms with van der Waals surface area (Å²) in [6.45, 7) is 5.25. The molecule has 33 heavy (non-hydrogen) atoms. The van der Waals surface area contributed by atoms with Crippen molar-refractivity contribution < 1.29 is 14.3 Å². The number of hydrogen-bond donors (Lipinski definition) is 3. The molecule has 7 nitrogen and oxygen atoms in total. The van der Waals surface area contributed by atoms with E-state index in [4.69, 9.17) is 23.2 Å². The van der Waals surface area contributed by atoms with Crippen LogP contribution in [0.15, 0.2) is 54.7 Å². The lowest BCUT2D eigenvalue weighted by molar-refractivity contribution is 0.0646. The number of halogens is 3. The molecule has 0 aliphatic carbocycles. The van der Waals surface area contributed by atoms with E-state index in [1.807, 2.05) is 0 Å². The fraction of sp³-hybridized carbons (Fsp3) is 0.261. The minimum Gasteiger partial charge on any atom is -0.388 e. The fourth-order valence-corrected chi connectivity index (χ4v) is 3.25. The number of hydrogen-bond acceptors (Lipinski definition) is 5. The summed E-state index contributed by atoms with van der Waals surface area (Å²) < 4.78 is 13.5. The molecule has 3 rings (SSSR count). The quantitative estimate of drug-likeness (QED) is 0.403. The number of carbonyl (C=O) groups is 1. The highest BCUT2D eigenvalue weighted by atomic mass is 35.5. The topological polar surface area (TPSA) is 90.4 Å². The number of rotatable bonds is 7. The molecule has 0 bridgehead atoms. The molecule has 3 N–H and O–H groups in total. The zero-order chi connectivity index (χ0) is 24.2. The lowest BCUT2D eigenvalue weighted by Crippen LogP contribution is -2.40. The molecule has 1 aromatic heterocycles. The first-order valence-corrected chi connectivity index (χ1v) is 10.9. The van der Waals surface area contributed by atoms with E-state index in [2.05, 4.69) is 20.6 Å². The monoisotopic (exact) mass is 491 g/mol. The summed E-state index contributed by atoms with van der Waals surface area (Å²) in [5, 5.41) is 16.9. The molecule has 10 heteroatoms. The second-order valence-corrected chi connectivity index (χ2v) is 8.81. The molecule has 2 amide bonds.